The topological polar surface area (TPSA) is 38.5 Å². The predicted molar refractivity (Wildman–Crippen MR) is 66.5 cm³/mol. The van der Waals surface area contributed by atoms with E-state index < -0.39 is 0 Å². The van der Waals surface area contributed by atoms with Gasteiger partial charge < -0.3 is 10.5 Å². The lowest BCUT2D eigenvalue weighted by Crippen LogP contribution is -2.65. The third kappa shape index (κ3) is 1.89. The second-order valence-electron chi connectivity index (χ2n) is 5.47. The Morgan fingerprint density at radius 3 is 2.50 bits per heavy atom. The summed E-state index contributed by atoms with van der Waals surface area (Å²) in [7, 11) is 4.10. The van der Waals surface area contributed by atoms with E-state index in [9.17, 15) is 0 Å². The van der Waals surface area contributed by atoms with Crippen LogP contribution in [0.2, 0.25) is 0 Å². The van der Waals surface area contributed by atoms with Crippen molar-refractivity contribution in [1.82, 2.24) is 4.90 Å². The monoisotopic (exact) mass is 226 g/mol. The molecule has 2 saturated carbocycles. The van der Waals surface area contributed by atoms with Crippen LogP contribution in [0.25, 0.3) is 0 Å². The highest BCUT2D eigenvalue weighted by atomic mass is 16.5. The maximum atomic E-state index is 6.10. The lowest BCUT2D eigenvalue weighted by molar-refractivity contribution is -0.0914. The molecule has 2 aliphatic carbocycles. The fourth-order valence-corrected chi connectivity index (χ4v) is 3.45. The van der Waals surface area contributed by atoms with Gasteiger partial charge in [0, 0.05) is 19.7 Å². The molecule has 2 aliphatic rings. The highest BCUT2D eigenvalue weighted by Gasteiger charge is 2.46. The quantitative estimate of drug-likeness (QED) is 0.794. The number of likely N-dealkylation sites (N-methyl/N-ethyl adjacent to an activating group) is 1. The minimum atomic E-state index is 0.109. The summed E-state index contributed by atoms with van der Waals surface area (Å²) in [6, 6.07) is 0.749. The first kappa shape index (κ1) is 12.3. The van der Waals surface area contributed by atoms with Gasteiger partial charge in [-0.1, -0.05) is 19.3 Å². The van der Waals surface area contributed by atoms with E-state index in [0.29, 0.717) is 6.10 Å². The van der Waals surface area contributed by atoms with Crippen LogP contribution in [0.4, 0.5) is 0 Å². The number of methoxy groups -OCH3 is 1. The fraction of sp³-hybridized carbons (Fsp3) is 1.00. The molecule has 0 radical (unpaired) electrons. The molecule has 2 N–H and O–H groups in total. The minimum Gasteiger partial charge on any atom is -0.379 e. The van der Waals surface area contributed by atoms with Gasteiger partial charge in [-0.3, -0.25) is 4.90 Å². The number of rotatable bonds is 4. The van der Waals surface area contributed by atoms with E-state index in [1.165, 1.54) is 44.9 Å². The number of nitrogens with two attached hydrogens (primary N) is 1. The Balaban J connectivity index is 2.13. The lowest BCUT2D eigenvalue weighted by atomic mass is 9.75. The van der Waals surface area contributed by atoms with Gasteiger partial charge in [0.15, 0.2) is 0 Å². The van der Waals surface area contributed by atoms with Gasteiger partial charge in [-0.25, -0.2) is 0 Å². The molecule has 0 aromatic heterocycles. The van der Waals surface area contributed by atoms with Crippen LogP contribution < -0.4 is 5.73 Å². The summed E-state index contributed by atoms with van der Waals surface area (Å²) in [6.07, 6.45) is 9.36. The molecule has 2 fully saturated rings. The normalized spacial score (nSPS) is 36.4. The molecule has 0 heterocycles. The molecular formula is C13H26N2O. The Morgan fingerprint density at radius 2 is 2.00 bits per heavy atom. The smallest absolute Gasteiger partial charge is 0.0767 e. The van der Waals surface area contributed by atoms with Gasteiger partial charge in [0.05, 0.1) is 11.6 Å². The van der Waals surface area contributed by atoms with Gasteiger partial charge >= 0.3 is 0 Å². The molecule has 16 heavy (non-hydrogen) atoms. The third-order valence-corrected chi connectivity index (χ3v) is 4.89. The van der Waals surface area contributed by atoms with Crippen LogP contribution in [0.5, 0.6) is 0 Å². The van der Waals surface area contributed by atoms with Crippen LogP contribution >= 0.6 is 0 Å². The summed E-state index contributed by atoms with van der Waals surface area (Å²) < 4.78 is 5.72. The van der Waals surface area contributed by atoms with Crippen molar-refractivity contribution in [2.75, 3.05) is 20.7 Å². The van der Waals surface area contributed by atoms with E-state index in [0.717, 1.165) is 12.6 Å². The molecule has 0 spiro atoms. The van der Waals surface area contributed by atoms with E-state index in [-0.39, 0.29) is 5.54 Å². The summed E-state index contributed by atoms with van der Waals surface area (Å²) in [6.45, 7) is 0.735. The van der Waals surface area contributed by atoms with E-state index in [1.54, 1.807) is 0 Å². The van der Waals surface area contributed by atoms with Crippen molar-refractivity contribution >= 4 is 0 Å². The number of nitrogens with zero attached hydrogens (tertiary/aromatic N) is 1. The second-order valence-corrected chi connectivity index (χ2v) is 5.47. The van der Waals surface area contributed by atoms with Crippen molar-refractivity contribution in [3.63, 3.8) is 0 Å². The molecular weight excluding hydrogens is 200 g/mol. The molecule has 0 aliphatic heterocycles. The van der Waals surface area contributed by atoms with Crippen LogP contribution in [-0.4, -0.2) is 43.3 Å². The first-order chi connectivity index (χ1) is 7.74. The molecule has 2 rings (SSSR count). The largest absolute Gasteiger partial charge is 0.379 e. The molecule has 3 heteroatoms. The zero-order valence-electron chi connectivity index (χ0n) is 10.7. The molecule has 2 atom stereocenters. The number of hydrogen-bond donors (Lipinski definition) is 1. The first-order valence-corrected chi connectivity index (χ1v) is 6.70. The molecule has 0 bridgehead atoms. The van der Waals surface area contributed by atoms with Gasteiger partial charge in [0.1, 0.15) is 0 Å². The van der Waals surface area contributed by atoms with E-state index in [2.05, 4.69) is 11.9 Å². The van der Waals surface area contributed by atoms with Crippen molar-refractivity contribution in [2.24, 2.45) is 5.73 Å². The lowest BCUT2D eigenvalue weighted by Gasteiger charge is -2.53. The number of hydrogen-bond acceptors (Lipinski definition) is 3. The second kappa shape index (κ2) is 5.03. The Kier molecular flexibility index (Phi) is 3.88. The van der Waals surface area contributed by atoms with Crippen molar-refractivity contribution in [3.8, 4) is 0 Å². The molecule has 94 valence electrons. The van der Waals surface area contributed by atoms with Crippen LogP contribution in [0.1, 0.15) is 44.9 Å². The van der Waals surface area contributed by atoms with Gasteiger partial charge in [-0.15, -0.1) is 0 Å². The van der Waals surface area contributed by atoms with E-state index in [1.807, 2.05) is 7.11 Å². The minimum absolute atomic E-state index is 0.109. The van der Waals surface area contributed by atoms with Gasteiger partial charge in [0.25, 0.3) is 0 Å². The SMILES string of the molecule is COC1CCCCC1(CN)N(C)C1CCC1. The fourth-order valence-electron chi connectivity index (χ4n) is 3.45. The molecule has 2 unspecified atom stereocenters. The van der Waals surface area contributed by atoms with Crippen molar-refractivity contribution in [2.45, 2.75) is 62.6 Å². The van der Waals surface area contributed by atoms with Crippen molar-refractivity contribution < 1.29 is 4.74 Å². The van der Waals surface area contributed by atoms with Gasteiger partial charge in [-0.05, 0) is 32.7 Å². The summed E-state index contributed by atoms with van der Waals surface area (Å²) in [5.41, 5.74) is 6.21. The van der Waals surface area contributed by atoms with E-state index >= 15 is 0 Å². The maximum absolute atomic E-state index is 6.10. The average molecular weight is 226 g/mol. The Bertz CT molecular complexity index is 230. The zero-order valence-corrected chi connectivity index (χ0v) is 10.7. The van der Waals surface area contributed by atoms with Gasteiger partial charge in [0.2, 0.25) is 0 Å². The summed E-state index contributed by atoms with van der Waals surface area (Å²) in [5.74, 6) is 0. The maximum Gasteiger partial charge on any atom is 0.0767 e. The molecule has 0 aromatic carbocycles. The van der Waals surface area contributed by atoms with Crippen LogP contribution in [-0.2, 0) is 4.74 Å². The third-order valence-electron chi connectivity index (χ3n) is 4.89. The Hall–Kier alpha value is -0.120. The van der Waals surface area contributed by atoms with Crippen LogP contribution in [0.3, 0.4) is 0 Å². The highest BCUT2D eigenvalue weighted by Crippen LogP contribution is 2.39. The predicted octanol–water partition coefficient (Wildman–Crippen LogP) is 1.76. The zero-order chi connectivity index (χ0) is 11.6. The van der Waals surface area contributed by atoms with E-state index in [4.69, 9.17) is 10.5 Å². The summed E-state index contributed by atoms with van der Waals surface area (Å²) in [5, 5.41) is 0. The Morgan fingerprint density at radius 1 is 1.25 bits per heavy atom. The molecule has 0 saturated heterocycles. The Labute approximate surface area is 99.3 Å². The van der Waals surface area contributed by atoms with Crippen LogP contribution in [0, 0.1) is 0 Å². The van der Waals surface area contributed by atoms with Crippen molar-refractivity contribution in [3.05, 3.63) is 0 Å². The van der Waals surface area contributed by atoms with Crippen LogP contribution in [0.15, 0.2) is 0 Å². The number of ether oxygens (including phenoxy) is 1. The first-order valence-electron chi connectivity index (χ1n) is 6.70. The standard InChI is InChI=1S/C13H26N2O/c1-15(11-6-5-7-11)13(10-14)9-4-3-8-12(13)16-2/h11-12H,3-10,14H2,1-2H3. The summed E-state index contributed by atoms with van der Waals surface area (Å²) in [4.78, 5) is 2.55. The van der Waals surface area contributed by atoms with Crippen molar-refractivity contribution in [1.29, 1.82) is 0 Å². The average Bonchev–Trinajstić information content (AvgIpc) is 2.26. The molecule has 3 nitrogen and oxygen atoms in total. The van der Waals surface area contributed by atoms with Gasteiger partial charge in [-0.2, -0.15) is 0 Å². The molecule has 0 amide bonds. The summed E-state index contributed by atoms with van der Waals surface area (Å²) >= 11 is 0. The highest BCUT2D eigenvalue weighted by molar-refractivity contribution is 5.03. The molecule has 0 aromatic rings.